The van der Waals surface area contributed by atoms with Gasteiger partial charge in [0, 0.05) is 44.2 Å². The first-order valence-corrected chi connectivity index (χ1v) is 12.1. The summed E-state index contributed by atoms with van der Waals surface area (Å²) in [6.45, 7) is 4.16. The lowest BCUT2D eigenvalue weighted by molar-refractivity contribution is -0.00758. The van der Waals surface area contributed by atoms with E-state index in [9.17, 15) is 9.59 Å². The molecule has 2 fully saturated rings. The van der Waals surface area contributed by atoms with E-state index in [2.05, 4.69) is 14.9 Å². The van der Waals surface area contributed by atoms with Crippen LogP contribution in [0.15, 0.2) is 41.3 Å². The van der Waals surface area contributed by atoms with Gasteiger partial charge in [-0.2, -0.15) is 4.98 Å². The van der Waals surface area contributed by atoms with E-state index >= 15 is 0 Å². The number of likely N-dealkylation sites (tertiary alicyclic amines) is 1. The zero-order valence-corrected chi connectivity index (χ0v) is 20.0. The Morgan fingerprint density at radius 3 is 2.78 bits per heavy atom. The number of piperidine rings is 1. The number of carbonyl (C=O) groups is 1. The summed E-state index contributed by atoms with van der Waals surface area (Å²) in [5.41, 5.74) is 1.74. The Morgan fingerprint density at radius 2 is 1.92 bits per heavy atom. The third kappa shape index (κ3) is 4.19. The first kappa shape index (κ1) is 22.6. The SMILES string of the molecule is COc1cnc2ccc(=O)n(CCN3CC[C@H]4CN(c5ccc6c(c5)OCCO6)C(=O)O[C@@H]4C3)c2n1. The number of amides is 1. The van der Waals surface area contributed by atoms with E-state index in [1.807, 2.05) is 18.2 Å². The fourth-order valence-corrected chi connectivity index (χ4v) is 5.08. The van der Waals surface area contributed by atoms with Gasteiger partial charge in [0.15, 0.2) is 17.1 Å². The van der Waals surface area contributed by atoms with Gasteiger partial charge in [-0.25, -0.2) is 9.78 Å². The molecule has 3 aromatic rings. The second-order valence-corrected chi connectivity index (χ2v) is 9.15. The second kappa shape index (κ2) is 9.30. The molecule has 2 saturated heterocycles. The molecule has 3 aliphatic rings. The molecule has 11 nitrogen and oxygen atoms in total. The van der Waals surface area contributed by atoms with Crippen molar-refractivity contribution in [1.82, 2.24) is 19.4 Å². The molecule has 3 aliphatic heterocycles. The summed E-state index contributed by atoms with van der Waals surface area (Å²) in [7, 11) is 1.52. The number of fused-ring (bicyclic) bond motifs is 3. The molecule has 2 aromatic heterocycles. The van der Waals surface area contributed by atoms with Crippen molar-refractivity contribution in [3.63, 3.8) is 0 Å². The molecule has 0 unspecified atom stereocenters. The summed E-state index contributed by atoms with van der Waals surface area (Å²) in [5, 5.41) is 0. The maximum atomic E-state index is 12.9. The summed E-state index contributed by atoms with van der Waals surface area (Å²) in [6.07, 6.45) is 1.87. The molecule has 188 valence electrons. The third-order valence-corrected chi connectivity index (χ3v) is 7.02. The van der Waals surface area contributed by atoms with Gasteiger partial charge < -0.3 is 18.9 Å². The predicted octanol–water partition coefficient (Wildman–Crippen LogP) is 1.92. The lowest BCUT2D eigenvalue weighted by Crippen LogP contribution is -2.56. The van der Waals surface area contributed by atoms with Crippen molar-refractivity contribution in [2.45, 2.75) is 19.1 Å². The van der Waals surface area contributed by atoms with Gasteiger partial charge >= 0.3 is 6.09 Å². The van der Waals surface area contributed by atoms with Crippen LogP contribution in [0, 0.1) is 5.92 Å². The van der Waals surface area contributed by atoms with Crippen LogP contribution in [-0.4, -0.2) is 78.1 Å². The van der Waals surface area contributed by atoms with Crippen molar-refractivity contribution in [2.75, 3.05) is 51.4 Å². The lowest BCUT2D eigenvalue weighted by Gasteiger charge is -2.44. The number of hydrogen-bond acceptors (Lipinski definition) is 9. The smallest absolute Gasteiger partial charge is 0.414 e. The van der Waals surface area contributed by atoms with Gasteiger partial charge in [0.1, 0.15) is 24.8 Å². The standard InChI is InChI=1S/C25H27N5O6/c1-33-22-13-26-18-3-5-23(31)29(24(18)27-22)9-8-28-7-6-16-14-30(25(32)36-21(16)15-28)17-2-4-19-20(12-17)35-11-10-34-19/h2-5,12-13,16,21H,6-11,14-15H2,1H3/t16-,21+/m0/s1. The van der Waals surface area contributed by atoms with Gasteiger partial charge in [-0.15, -0.1) is 0 Å². The second-order valence-electron chi connectivity index (χ2n) is 9.15. The number of nitrogens with zero attached hydrogens (tertiary/aromatic N) is 5. The molecular formula is C25H27N5O6. The van der Waals surface area contributed by atoms with E-state index in [-0.39, 0.29) is 23.7 Å². The Bertz CT molecular complexity index is 1360. The number of anilines is 1. The number of pyridine rings is 1. The number of carbonyl (C=O) groups excluding carboxylic acids is 1. The van der Waals surface area contributed by atoms with Crippen molar-refractivity contribution in [3.8, 4) is 17.4 Å². The van der Waals surface area contributed by atoms with Crippen LogP contribution in [0.25, 0.3) is 11.2 Å². The van der Waals surface area contributed by atoms with E-state index in [0.717, 1.165) is 18.7 Å². The number of hydrogen-bond donors (Lipinski definition) is 0. The minimum absolute atomic E-state index is 0.140. The molecule has 0 saturated carbocycles. The molecule has 0 bridgehead atoms. The van der Waals surface area contributed by atoms with Crippen molar-refractivity contribution in [1.29, 1.82) is 0 Å². The van der Waals surface area contributed by atoms with E-state index in [4.69, 9.17) is 18.9 Å². The highest BCUT2D eigenvalue weighted by atomic mass is 16.6. The summed E-state index contributed by atoms with van der Waals surface area (Å²) in [5.74, 6) is 1.92. The van der Waals surface area contributed by atoms with Crippen molar-refractivity contribution >= 4 is 22.9 Å². The van der Waals surface area contributed by atoms with Crippen molar-refractivity contribution < 1.29 is 23.7 Å². The van der Waals surface area contributed by atoms with E-state index in [0.29, 0.717) is 67.9 Å². The molecule has 5 heterocycles. The van der Waals surface area contributed by atoms with Crippen LogP contribution in [0.2, 0.25) is 0 Å². The Kier molecular flexibility index (Phi) is 5.84. The largest absolute Gasteiger partial charge is 0.486 e. The van der Waals surface area contributed by atoms with Crippen LogP contribution in [0.3, 0.4) is 0 Å². The quantitative estimate of drug-likeness (QED) is 0.527. The minimum Gasteiger partial charge on any atom is -0.486 e. The van der Waals surface area contributed by atoms with Gasteiger partial charge in [-0.1, -0.05) is 0 Å². The monoisotopic (exact) mass is 493 g/mol. The van der Waals surface area contributed by atoms with Crippen LogP contribution in [0.5, 0.6) is 17.4 Å². The molecule has 2 atom stereocenters. The van der Waals surface area contributed by atoms with Gasteiger partial charge in [0.2, 0.25) is 5.88 Å². The molecule has 1 aromatic carbocycles. The predicted molar refractivity (Wildman–Crippen MR) is 130 cm³/mol. The molecule has 0 spiro atoms. The average Bonchev–Trinajstić information content (AvgIpc) is 2.91. The third-order valence-electron chi connectivity index (χ3n) is 7.02. The van der Waals surface area contributed by atoms with Gasteiger partial charge in [-0.3, -0.25) is 19.2 Å². The minimum atomic E-state index is -0.359. The molecule has 0 aliphatic carbocycles. The maximum Gasteiger partial charge on any atom is 0.414 e. The van der Waals surface area contributed by atoms with Crippen molar-refractivity contribution in [3.05, 3.63) is 46.9 Å². The van der Waals surface area contributed by atoms with E-state index in [1.165, 1.54) is 19.4 Å². The summed E-state index contributed by atoms with van der Waals surface area (Å²) in [6, 6.07) is 8.71. The first-order chi connectivity index (χ1) is 17.6. The number of methoxy groups -OCH3 is 1. The van der Waals surface area contributed by atoms with Gasteiger partial charge in [0.05, 0.1) is 19.0 Å². The Balaban J connectivity index is 1.12. The molecule has 1 amide bonds. The summed E-state index contributed by atoms with van der Waals surface area (Å²) < 4.78 is 23.9. The molecule has 0 N–H and O–H groups in total. The van der Waals surface area contributed by atoms with Crippen LogP contribution in [0.1, 0.15) is 6.42 Å². The van der Waals surface area contributed by atoms with E-state index < -0.39 is 0 Å². The summed E-state index contributed by atoms with van der Waals surface area (Å²) in [4.78, 5) is 38.1. The molecule has 11 heteroatoms. The van der Waals surface area contributed by atoms with Crippen LogP contribution in [0.4, 0.5) is 10.5 Å². The Morgan fingerprint density at radius 1 is 1.06 bits per heavy atom. The number of benzene rings is 1. The molecule has 36 heavy (non-hydrogen) atoms. The number of rotatable bonds is 5. The fourth-order valence-electron chi connectivity index (χ4n) is 5.08. The lowest BCUT2D eigenvalue weighted by atomic mass is 9.91. The van der Waals surface area contributed by atoms with Crippen LogP contribution in [-0.2, 0) is 11.3 Å². The number of ether oxygens (including phenoxy) is 4. The summed E-state index contributed by atoms with van der Waals surface area (Å²) >= 11 is 0. The highest BCUT2D eigenvalue weighted by Gasteiger charge is 2.40. The average molecular weight is 494 g/mol. The van der Waals surface area contributed by atoms with Crippen LogP contribution >= 0.6 is 0 Å². The molecule has 6 rings (SSSR count). The van der Waals surface area contributed by atoms with Gasteiger partial charge in [0.25, 0.3) is 5.56 Å². The Labute approximate surface area is 207 Å². The first-order valence-electron chi connectivity index (χ1n) is 12.1. The van der Waals surface area contributed by atoms with Gasteiger partial charge in [-0.05, 0) is 31.2 Å². The molecular weight excluding hydrogens is 466 g/mol. The topological polar surface area (TPSA) is 108 Å². The highest BCUT2D eigenvalue weighted by molar-refractivity contribution is 5.89. The normalized spacial score (nSPS) is 21.7. The Hall–Kier alpha value is -3.86. The maximum absolute atomic E-state index is 12.9. The fraction of sp³-hybridized carbons (Fsp3) is 0.440. The zero-order chi connectivity index (χ0) is 24.6. The zero-order valence-electron chi connectivity index (χ0n) is 20.0. The molecule has 0 radical (unpaired) electrons. The number of aromatic nitrogens is 3. The highest BCUT2D eigenvalue weighted by Crippen LogP contribution is 2.36. The van der Waals surface area contributed by atoms with Crippen molar-refractivity contribution in [2.24, 2.45) is 5.92 Å². The van der Waals surface area contributed by atoms with E-state index in [1.54, 1.807) is 15.5 Å². The van der Waals surface area contributed by atoms with Crippen LogP contribution < -0.4 is 24.7 Å².